The largest absolute Gasteiger partial charge is 0.299 e. The molecule has 1 nitrogen and oxygen atoms in total. The summed E-state index contributed by atoms with van der Waals surface area (Å²) >= 11 is 0. The molecule has 1 spiro atoms. The van der Waals surface area contributed by atoms with E-state index in [1.54, 1.807) is 0 Å². The highest BCUT2D eigenvalue weighted by Crippen LogP contribution is 2.57. The summed E-state index contributed by atoms with van der Waals surface area (Å²) in [6.45, 7) is 0. The van der Waals surface area contributed by atoms with Gasteiger partial charge in [0, 0.05) is 11.8 Å². The minimum Gasteiger partial charge on any atom is -0.299 e. The minimum atomic E-state index is -0.0770. The molecule has 3 aliphatic rings. The summed E-state index contributed by atoms with van der Waals surface area (Å²) in [4.78, 5) is 13.1. The zero-order chi connectivity index (χ0) is 15.4. The number of hydrogen-bond acceptors (Lipinski definition) is 1. The van der Waals surface area contributed by atoms with Gasteiger partial charge in [-0.05, 0) is 53.9 Å². The molecule has 2 aromatic carbocycles. The lowest BCUT2D eigenvalue weighted by atomic mass is 9.62. The van der Waals surface area contributed by atoms with Crippen molar-refractivity contribution < 1.29 is 4.79 Å². The quantitative estimate of drug-likeness (QED) is 0.695. The monoisotopic (exact) mass is 300 g/mol. The van der Waals surface area contributed by atoms with E-state index < -0.39 is 0 Å². The SMILES string of the molecule is O=C1Cc2c(cccc2-c2ccccc2)CC12CC1=CCC2C1. The fraction of sp³-hybridized carbons (Fsp3) is 0.318. The molecule has 2 bridgehead atoms. The van der Waals surface area contributed by atoms with Crippen molar-refractivity contribution in [1.82, 2.24) is 0 Å². The highest BCUT2D eigenvalue weighted by molar-refractivity contribution is 5.92. The van der Waals surface area contributed by atoms with Crippen molar-refractivity contribution in [3.8, 4) is 11.1 Å². The van der Waals surface area contributed by atoms with Crippen LogP contribution < -0.4 is 0 Å². The Hall–Kier alpha value is -2.15. The van der Waals surface area contributed by atoms with Crippen molar-refractivity contribution in [2.45, 2.75) is 32.1 Å². The van der Waals surface area contributed by atoms with Crippen molar-refractivity contribution in [1.29, 1.82) is 0 Å². The van der Waals surface area contributed by atoms with Crippen molar-refractivity contribution in [3.63, 3.8) is 0 Å². The van der Waals surface area contributed by atoms with Crippen LogP contribution in [0.15, 0.2) is 60.2 Å². The fourth-order valence-corrected chi connectivity index (χ4v) is 5.11. The van der Waals surface area contributed by atoms with Gasteiger partial charge in [0.1, 0.15) is 5.78 Å². The summed E-state index contributed by atoms with van der Waals surface area (Å²) in [5, 5.41) is 0. The Kier molecular flexibility index (Phi) is 2.70. The predicted molar refractivity (Wildman–Crippen MR) is 92.2 cm³/mol. The van der Waals surface area contributed by atoms with Crippen LogP contribution in [-0.4, -0.2) is 5.78 Å². The molecule has 0 aliphatic heterocycles. The molecule has 0 saturated heterocycles. The number of ketones is 1. The molecule has 5 rings (SSSR count). The predicted octanol–water partition coefficient (Wildman–Crippen LogP) is 4.75. The second-order valence-corrected chi connectivity index (χ2v) is 7.42. The smallest absolute Gasteiger partial charge is 0.144 e. The van der Waals surface area contributed by atoms with Gasteiger partial charge in [-0.15, -0.1) is 0 Å². The average molecular weight is 300 g/mol. The van der Waals surface area contributed by atoms with E-state index in [0.29, 0.717) is 18.1 Å². The molecule has 0 amide bonds. The molecule has 0 heterocycles. The normalized spacial score (nSPS) is 28.1. The molecule has 0 aromatic heterocycles. The number of allylic oxidation sites excluding steroid dienone is 2. The first kappa shape index (κ1) is 13.3. The summed E-state index contributed by atoms with van der Waals surface area (Å²) in [7, 11) is 0. The van der Waals surface area contributed by atoms with E-state index in [-0.39, 0.29) is 5.41 Å². The lowest BCUT2D eigenvalue weighted by Gasteiger charge is -2.39. The zero-order valence-electron chi connectivity index (χ0n) is 13.2. The Balaban J connectivity index is 1.61. The third-order valence-corrected chi connectivity index (χ3v) is 6.28. The first-order valence-corrected chi connectivity index (χ1v) is 8.64. The topological polar surface area (TPSA) is 17.1 Å². The summed E-state index contributed by atoms with van der Waals surface area (Å²) in [5.41, 5.74) is 6.60. The second-order valence-electron chi connectivity index (χ2n) is 7.42. The molecule has 23 heavy (non-hydrogen) atoms. The summed E-state index contributed by atoms with van der Waals surface area (Å²) < 4.78 is 0. The van der Waals surface area contributed by atoms with Crippen LogP contribution in [0.1, 0.15) is 30.4 Å². The molecule has 1 heteroatoms. The van der Waals surface area contributed by atoms with Crippen molar-refractivity contribution in [2.75, 3.05) is 0 Å². The van der Waals surface area contributed by atoms with Crippen LogP contribution in [0.3, 0.4) is 0 Å². The third kappa shape index (κ3) is 1.83. The van der Waals surface area contributed by atoms with Crippen LogP contribution in [0.25, 0.3) is 11.1 Å². The number of fused-ring (bicyclic) bond motifs is 4. The Labute approximate surface area is 137 Å². The maximum atomic E-state index is 13.1. The van der Waals surface area contributed by atoms with Gasteiger partial charge in [-0.25, -0.2) is 0 Å². The van der Waals surface area contributed by atoms with Gasteiger partial charge in [-0.2, -0.15) is 0 Å². The van der Waals surface area contributed by atoms with Crippen LogP contribution in [0.4, 0.5) is 0 Å². The van der Waals surface area contributed by atoms with Crippen LogP contribution in [-0.2, 0) is 17.6 Å². The van der Waals surface area contributed by atoms with E-state index in [4.69, 9.17) is 0 Å². The zero-order valence-corrected chi connectivity index (χ0v) is 13.2. The molecule has 2 unspecified atom stereocenters. The maximum absolute atomic E-state index is 13.1. The lowest BCUT2D eigenvalue weighted by Crippen LogP contribution is -2.42. The molecule has 1 fully saturated rings. The second kappa shape index (κ2) is 4.67. The number of hydrogen-bond donors (Lipinski definition) is 0. The Morgan fingerprint density at radius 2 is 1.83 bits per heavy atom. The molecule has 0 radical (unpaired) electrons. The van der Waals surface area contributed by atoms with Gasteiger partial charge in [-0.1, -0.05) is 60.2 Å². The minimum absolute atomic E-state index is 0.0770. The van der Waals surface area contributed by atoms with E-state index in [1.807, 2.05) is 6.07 Å². The first-order chi connectivity index (χ1) is 11.3. The van der Waals surface area contributed by atoms with Gasteiger partial charge in [0.25, 0.3) is 0 Å². The number of carbonyl (C=O) groups excluding carboxylic acids is 1. The third-order valence-electron chi connectivity index (χ3n) is 6.28. The van der Waals surface area contributed by atoms with E-state index in [9.17, 15) is 4.79 Å². The van der Waals surface area contributed by atoms with E-state index >= 15 is 0 Å². The summed E-state index contributed by atoms with van der Waals surface area (Å²) in [5.74, 6) is 1.06. The van der Waals surface area contributed by atoms with Crippen LogP contribution in [0, 0.1) is 11.3 Å². The van der Waals surface area contributed by atoms with Gasteiger partial charge < -0.3 is 0 Å². The number of benzene rings is 2. The summed E-state index contributed by atoms with van der Waals surface area (Å²) in [6, 6.07) is 17.1. The summed E-state index contributed by atoms with van der Waals surface area (Å²) in [6.07, 6.45) is 7.24. The Morgan fingerprint density at radius 1 is 0.957 bits per heavy atom. The standard InChI is InChI=1S/C22H20O/c23-21-12-20-17(14-22(21)13-15-9-10-18(22)11-15)7-4-8-19(20)16-5-2-1-3-6-16/h1-9,18H,10-14H2. The van der Waals surface area contributed by atoms with Gasteiger partial charge in [-0.3, -0.25) is 4.79 Å². The Morgan fingerprint density at radius 3 is 2.57 bits per heavy atom. The van der Waals surface area contributed by atoms with Crippen LogP contribution >= 0.6 is 0 Å². The highest BCUT2D eigenvalue weighted by atomic mass is 16.1. The number of rotatable bonds is 1. The fourth-order valence-electron chi connectivity index (χ4n) is 5.11. The van der Waals surface area contributed by atoms with Gasteiger partial charge in [0.2, 0.25) is 0 Å². The van der Waals surface area contributed by atoms with Gasteiger partial charge in [0.15, 0.2) is 0 Å². The maximum Gasteiger partial charge on any atom is 0.144 e. The van der Waals surface area contributed by atoms with Gasteiger partial charge in [0.05, 0.1) is 0 Å². The van der Waals surface area contributed by atoms with Crippen LogP contribution in [0.5, 0.6) is 0 Å². The first-order valence-electron chi connectivity index (χ1n) is 8.64. The van der Waals surface area contributed by atoms with Crippen molar-refractivity contribution in [2.24, 2.45) is 11.3 Å². The average Bonchev–Trinajstić information content (AvgIpc) is 3.18. The number of Topliss-reactive ketones (excluding diaryl/α,β-unsaturated/α-hetero) is 1. The van der Waals surface area contributed by atoms with Crippen LogP contribution in [0.2, 0.25) is 0 Å². The number of carbonyl (C=O) groups is 1. The van der Waals surface area contributed by atoms with Crippen molar-refractivity contribution >= 4 is 5.78 Å². The Bertz CT molecular complexity index is 830. The molecule has 2 atom stereocenters. The molecule has 1 saturated carbocycles. The van der Waals surface area contributed by atoms with Gasteiger partial charge >= 0.3 is 0 Å². The molecule has 3 aliphatic carbocycles. The molecule has 0 N–H and O–H groups in total. The molecule has 114 valence electrons. The molecular formula is C22H20O. The van der Waals surface area contributed by atoms with E-state index in [2.05, 4.69) is 48.5 Å². The molecular weight excluding hydrogens is 280 g/mol. The van der Waals surface area contributed by atoms with E-state index in [1.165, 1.54) is 34.2 Å². The lowest BCUT2D eigenvalue weighted by molar-refractivity contribution is -0.131. The van der Waals surface area contributed by atoms with Crippen molar-refractivity contribution in [3.05, 3.63) is 71.3 Å². The highest BCUT2D eigenvalue weighted by Gasteiger charge is 2.53. The molecule has 2 aromatic rings. The van der Waals surface area contributed by atoms with E-state index in [0.717, 1.165) is 19.3 Å².